The van der Waals surface area contributed by atoms with Gasteiger partial charge in [0.2, 0.25) is 5.91 Å². The number of carbonyl (C=O) groups excluding carboxylic acids is 1. The Morgan fingerprint density at radius 1 is 1.47 bits per heavy atom. The van der Waals surface area contributed by atoms with Crippen LogP contribution in [0, 0.1) is 13.8 Å². The van der Waals surface area contributed by atoms with Crippen molar-refractivity contribution in [2.75, 3.05) is 6.54 Å². The van der Waals surface area contributed by atoms with E-state index < -0.39 is 0 Å². The van der Waals surface area contributed by atoms with Crippen molar-refractivity contribution in [3.05, 3.63) is 17.5 Å². The summed E-state index contributed by atoms with van der Waals surface area (Å²) in [6.45, 7) is 6.90. The van der Waals surface area contributed by atoms with Crippen LogP contribution < -0.4 is 5.73 Å². The third kappa shape index (κ3) is 2.97. The van der Waals surface area contributed by atoms with Crippen molar-refractivity contribution in [3.63, 3.8) is 0 Å². The molecule has 2 N–H and O–H groups in total. The zero-order valence-corrected chi connectivity index (χ0v) is 12.1. The zero-order valence-electron chi connectivity index (χ0n) is 12.1. The summed E-state index contributed by atoms with van der Waals surface area (Å²) in [6.07, 6.45) is 3.25. The number of piperidine rings is 1. The number of nitrogens with zero attached hydrogens (tertiary/aromatic N) is 3. The second-order valence-electron chi connectivity index (χ2n) is 5.56. The lowest BCUT2D eigenvalue weighted by Crippen LogP contribution is -2.52. The molecule has 5 nitrogen and oxygen atoms in total. The van der Waals surface area contributed by atoms with Gasteiger partial charge in [0.15, 0.2) is 0 Å². The molecule has 0 bridgehead atoms. The summed E-state index contributed by atoms with van der Waals surface area (Å²) in [6, 6.07) is 2.47. The summed E-state index contributed by atoms with van der Waals surface area (Å²) in [5.41, 5.74) is 7.78. The number of amides is 1. The Balaban J connectivity index is 2.11. The molecule has 1 aliphatic rings. The highest BCUT2D eigenvalue weighted by molar-refractivity contribution is 5.76. The fraction of sp³-hybridized carbons (Fsp3) is 0.714. The molecule has 0 spiro atoms. The van der Waals surface area contributed by atoms with Crippen LogP contribution in [0.3, 0.4) is 0 Å². The second-order valence-corrected chi connectivity index (χ2v) is 5.56. The van der Waals surface area contributed by atoms with E-state index in [-0.39, 0.29) is 18.0 Å². The van der Waals surface area contributed by atoms with E-state index in [0.29, 0.717) is 13.1 Å². The van der Waals surface area contributed by atoms with Gasteiger partial charge in [0.05, 0.1) is 5.69 Å². The van der Waals surface area contributed by atoms with Crippen molar-refractivity contribution >= 4 is 5.91 Å². The monoisotopic (exact) mass is 264 g/mol. The van der Waals surface area contributed by atoms with E-state index in [0.717, 1.165) is 30.7 Å². The van der Waals surface area contributed by atoms with E-state index >= 15 is 0 Å². The van der Waals surface area contributed by atoms with Gasteiger partial charge in [-0.15, -0.1) is 0 Å². The first-order chi connectivity index (χ1) is 9.02. The molecule has 2 rings (SSSR count). The minimum Gasteiger partial charge on any atom is -0.334 e. The molecule has 0 radical (unpaired) electrons. The summed E-state index contributed by atoms with van der Waals surface area (Å²) in [4.78, 5) is 14.5. The molecule has 1 amide bonds. The van der Waals surface area contributed by atoms with Crippen molar-refractivity contribution in [1.82, 2.24) is 14.7 Å². The molecule has 0 saturated carbocycles. The number of carbonyl (C=O) groups is 1. The van der Waals surface area contributed by atoms with Gasteiger partial charge in [-0.3, -0.25) is 9.48 Å². The Hall–Kier alpha value is -1.36. The third-order valence-corrected chi connectivity index (χ3v) is 3.98. The fourth-order valence-electron chi connectivity index (χ4n) is 3.01. The van der Waals surface area contributed by atoms with Crippen LogP contribution in [0.4, 0.5) is 0 Å². The van der Waals surface area contributed by atoms with Crippen molar-refractivity contribution in [2.24, 2.45) is 5.73 Å². The molecule has 2 heterocycles. The largest absolute Gasteiger partial charge is 0.334 e. The predicted octanol–water partition coefficient (Wildman–Crippen LogP) is 1.23. The van der Waals surface area contributed by atoms with Gasteiger partial charge in [0.25, 0.3) is 0 Å². The van der Waals surface area contributed by atoms with Gasteiger partial charge >= 0.3 is 0 Å². The van der Waals surface area contributed by atoms with Gasteiger partial charge in [-0.25, -0.2) is 0 Å². The highest BCUT2D eigenvalue weighted by Gasteiger charge is 2.31. The average Bonchev–Trinajstić information content (AvgIpc) is 2.67. The standard InChI is InChI=1S/C14H24N4O/c1-10-7-12(3)17(16-10)9-14(19)18-11(2)5-4-6-13(18)8-15/h7,11,13H,4-6,8-9,15H2,1-3H3. The molecule has 2 atom stereocenters. The topological polar surface area (TPSA) is 64.2 Å². The van der Waals surface area contributed by atoms with Gasteiger partial charge in [0, 0.05) is 24.3 Å². The van der Waals surface area contributed by atoms with Gasteiger partial charge in [-0.1, -0.05) is 0 Å². The lowest BCUT2D eigenvalue weighted by atomic mass is 9.96. The maximum atomic E-state index is 12.5. The smallest absolute Gasteiger partial charge is 0.244 e. The summed E-state index contributed by atoms with van der Waals surface area (Å²) in [7, 11) is 0. The molecule has 106 valence electrons. The summed E-state index contributed by atoms with van der Waals surface area (Å²) < 4.78 is 1.78. The first-order valence-corrected chi connectivity index (χ1v) is 7.05. The number of aryl methyl sites for hydroxylation is 2. The van der Waals surface area contributed by atoms with Crippen LogP contribution in [0.1, 0.15) is 37.6 Å². The molecule has 1 aromatic heterocycles. The molecule has 2 unspecified atom stereocenters. The quantitative estimate of drug-likeness (QED) is 0.893. The van der Waals surface area contributed by atoms with Gasteiger partial charge < -0.3 is 10.6 Å². The SMILES string of the molecule is Cc1cc(C)n(CC(=O)N2C(C)CCCC2CN)n1. The summed E-state index contributed by atoms with van der Waals surface area (Å²) in [5, 5.41) is 4.36. The fourth-order valence-corrected chi connectivity index (χ4v) is 3.01. The van der Waals surface area contributed by atoms with E-state index in [2.05, 4.69) is 12.0 Å². The molecule has 0 aromatic carbocycles. The van der Waals surface area contributed by atoms with E-state index in [1.54, 1.807) is 4.68 Å². The zero-order chi connectivity index (χ0) is 14.0. The first-order valence-electron chi connectivity index (χ1n) is 7.05. The highest BCUT2D eigenvalue weighted by Crippen LogP contribution is 2.22. The maximum absolute atomic E-state index is 12.5. The lowest BCUT2D eigenvalue weighted by Gasteiger charge is -2.40. The molecular weight excluding hydrogens is 240 g/mol. The molecular formula is C14H24N4O. The first kappa shape index (κ1) is 14.1. The van der Waals surface area contributed by atoms with Crippen LogP contribution >= 0.6 is 0 Å². The highest BCUT2D eigenvalue weighted by atomic mass is 16.2. The van der Waals surface area contributed by atoms with E-state index in [1.165, 1.54) is 0 Å². The van der Waals surface area contributed by atoms with Gasteiger partial charge in [0.1, 0.15) is 6.54 Å². The minimum atomic E-state index is 0.133. The normalized spacial score (nSPS) is 23.7. The number of nitrogens with two attached hydrogens (primary N) is 1. The van der Waals surface area contributed by atoms with Gasteiger partial charge in [-0.05, 0) is 46.1 Å². The molecule has 1 fully saturated rings. The molecule has 1 saturated heterocycles. The average molecular weight is 264 g/mol. The van der Waals surface area contributed by atoms with Crippen LogP contribution in [0.25, 0.3) is 0 Å². The Bertz CT molecular complexity index is 454. The number of likely N-dealkylation sites (tertiary alicyclic amines) is 1. The van der Waals surface area contributed by atoms with Crippen LogP contribution in [-0.4, -0.2) is 39.2 Å². The van der Waals surface area contributed by atoms with E-state index in [1.807, 2.05) is 24.8 Å². The van der Waals surface area contributed by atoms with E-state index in [4.69, 9.17) is 5.73 Å². The maximum Gasteiger partial charge on any atom is 0.244 e. The number of hydrogen-bond acceptors (Lipinski definition) is 3. The molecule has 5 heteroatoms. The van der Waals surface area contributed by atoms with Crippen LogP contribution in [-0.2, 0) is 11.3 Å². The summed E-state index contributed by atoms with van der Waals surface area (Å²) >= 11 is 0. The van der Waals surface area contributed by atoms with Crippen molar-refractivity contribution in [1.29, 1.82) is 0 Å². The molecule has 19 heavy (non-hydrogen) atoms. The number of hydrogen-bond donors (Lipinski definition) is 1. The lowest BCUT2D eigenvalue weighted by molar-refractivity contribution is -0.138. The number of aromatic nitrogens is 2. The predicted molar refractivity (Wildman–Crippen MR) is 74.7 cm³/mol. The molecule has 1 aliphatic heterocycles. The minimum absolute atomic E-state index is 0.133. The Labute approximate surface area is 114 Å². The Kier molecular flexibility index (Phi) is 4.24. The second kappa shape index (κ2) is 5.74. The Morgan fingerprint density at radius 3 is 2.79 bits per heavy atom. The van der Waals surface area contributed by atoms with E-state index in [9.17, 15) is 4.79 Å². The van der Waals surface area contributed by atoms with Crippen LogP contribution in [0.5, 0.6) is 0 Å². The van der Waals surface area contributed by atoms with Crippen molar-refractivity contribution < 1.29 is 4.79 Å². The summed E-state index contributed by atoms with van der Waals surface area (Å²) in [5.74, 6) is 0.133. The third-order valence-electron chi connectivity index (χ3n) is 3.98. The number of rotatable bonds is 3. The molecule has 1 aromatic rings. The van der Waals surface area contributed by atoms with Crippen LogP contribution in [0.15, 0.2) is 6.07 Å². The van der Waals surface area contributed by atoms with Gasteiger partial charge in [-0.2, -0.15) is 5.10 Å². The van der Waals surface area contributed by atoms with Crippen molar-refractivity contribution in [3.8, 4) is 0 Å². The van der Waals surface area contributed by atoms with Crippen molar-refractivity contribution in [2.45, 2.75) is 58.7 Å². The molecule has 0 aliphatic carbocycles. The Morgan fingerprint density at radius 2 is 2.21 bits per heavy atom. The van der Waals surface area contributed by atoms with Crippen LogP contribution in [0.2, 0.25) is 0 Å².